The molecule has 37 heavy (non-hydrogen) atoms. The molecule has 1 N–H and O–H groups in total. The number of ether oxygens (including phenoxy) is 2. The maximum absolute atomic E-state index is 15.3. The van der Waals surface area contributed by atoms with Gasteiger partial charge in [-0.25, -0.2) is 8.78 Å². The first-order chi connectivity index (χ1) is 14.4. The Labute approximate surface area is 227 Å². The summed E-state index contributed by atoms with van der Waals surface area (Å²) in [6.07, 6.45) is 2.49. The lowest BCUT2D eigenvalue weighted by atomic mass is 9.62. The number of carbonyl (C=O) groups is 1. The van der Waals surface area contributed by atoms with Crippen LogP contribution in [-0.4, -0.2) is 24.0 Å². The fourth-order valence-corrected chi connectivity index (χ4v) is 4.55. The number of hydrogen-bond acceptors (Lipinski definition) is 4. The van der Waals surface area contributed by atoms with Crippen LogP contribution in [0.15, 0.2) is 12.1 Å². The molecule has 0 aromatic heterocycles. The average Bonchev–Trinajstić information content (AvgIpc) is 2.67. The zero-order valence-electron chi connectivity index (χ0n) is 19.1. The summed E-state index contributed by atoms with van der Waals surface area (Å²) in [5.74, 6) is -2.66. The first-order valence-electron chi connectivity index (χ1n) is 10.8. The van der Waals surface area contributed by atoms with Crippen LogP contribution in [0.1, 0.15) is 123 Å². The molecular formula is C30H57F2NO4. The molecule has 1 saturated heterocycles. The predicted octanol–water partition coefficient (Wildman–Crippen LogP) is 9.78. The standard InChI is InChI=1S/C24H33F2NO4.6CH4/c1-6-23(4,15-27)14-24(5,13-22(2,3)21(28)29)20-17(25)11-16(12-18(20)26)31-19-9-7-8-10-30-19;;;;;;/h11-12,19H,6-10,13-14H2,1-5H3,(H,28,29);6*1H4. The Balaban J connectivity index is -0.000000569. The minimum atomic E-state index is -1.25. The molecule has 2 rings (SSSR count). The van der Waals surface area contributed by atoms with Crippen LogP contribution in [0.4, 0.5) is 8.78 Å². The van der Waals surface area contributed by atoms with Crippen LogP contribution >= 0.6 is 0 Å². The van der Waals surface area contributed by atoms with Gasteiger partial charge < -0.3 is 14.6 Å². The van der Waals surface area contributed by atoms with Crippen LogP contribution in [0.5, 0.6) is 5.75 Å². The van der Waals surface area contributed by atoms with Gasteiger partial charge in [-0.3, -0.25) is 4.79 Å². The van der Waals surface area contributed by atoms with Crippen molar-refractivity contribution in [3.63, 3.8) is 0 Å². The van der Waals surface area contributed by atoms with Gasteiger partial charge in [-0.15, -0.1) is 0 Å². The number of hydrogen-bond donors (Lipinski definition) is 1. The van der Waals surface area contributed by atoms with E-state index in [1.807, 2.05) is 6.92 Å². The molecule has 0 spiro atoms. The average molecular weight is 534 g/mol. The van der Waals surface area contributed by atoms with Crippen molar-refractivity contribution < 1.29 is 28.2 Å². The molecule has 0 amide bonds. The van der Waals surface area contributed by atoms with Crippen LogP contribution in [0.2, 0.25) is 0 Å². The molecule has 1 aromatic carbocycles. The number of carboxylic acid groups (broad SMARTS) is 1. The van der Waals surface area contributed by atoms with Gasteiger partial charge in [-0.1, -0.05) is 58.4 Å². The van der Waals surface area contributed by atoms with Gasteiger partial charge >= 0.3 is 5.97 Å². The van der Waals surface area contributed by atoms with Crippen molar-refractivity contribution >= 4 is 5.97 Å². The highest BCUT2D eigenvalue weighted by atomic mass is 19.1. The van der Waals surface area contributed by atoms with E-state index in [1.54, 1.807) is 13.8 Å². The number of aliphatic carboxylic acids is 1. The number of nitrogens with zero attached hydrogens (tertiary/aromatic N) is 1. The van der Waals surface area contributed by atoms with Crippen molar-refractivity contribution in [2.45, 2.75) is 129 Å². The highest BCUT2D eigenvalue weighted by molar-refractivity contribution is 5.73. The maximum atomic E-state index is 15.3. The van der Waals surface area contributed by atoms with Crippen LogP contribution < -0.4 is 4.74 Å². The molecular weight excluding hydrogens is 476 g/mol. The van der Waals surface area contributed by atoms with E-state index in [4.69, 9.17) is 9.47 Å². The molecule has 0 saturated carbocycles. The topological polar surface area (TPSA) is 79.6 Å². The van der Waals surface area contributed by atoms with E-state index >= 15 is 8.78 Å². The summed E-state index contributed by atoms with van der Waals surface area (Å²) in [4.78, 5) is 11.8. The largest absolute Gasteiger partial charge is 0.481 e. The van der Waals surface area contributed by atoms with Crippen molar-refractivity contribution in [2.75, 3.05) is 6.61 Å². The van der Waals surface area contributed by atoms with Gasteiger partial charge in [0, 0.05) is 29.5 Å². The first-order valence-corrected chi connectivity index (χ1v) is 10.8. The molecule has 3 unspecified atom stereocenters. The molecule has 0 radical (unpaired) electrons. The van der Waals surface area contributed by atoms with Gasteiger partial charge in [0.25, 0.3) is 0 Å². The molecule has 7 heteroatoms. The monoisotopic (exact) mass is 533 g/mol. The Bertz CT molecular complexity index is 823. The zero-order valence-corrected chi connectivity index (χ0v) is 19.1. The molecule has 1 heterocycles. The second-order valence-electron chi connectivity index (χ2n) is 9.81. The minimum Gasteiger partial charge on any atom is -0.481 e. The Morgan fingerprint density at radius 3 is 1.95 bits per heavy atom. The zero-order chi connectivity index (χ0) is 23.4. The highest BCUT2D eigenvalue weighted by Gasteiger charge is 2.45. The van der Waals surface area contributed by atoms with Crippen LogP contribution in [-0.2, 0) is 14.9 Å². The molecule has 1 aromatic rings. The third kappa shape index (κ3) is 11.0. The van der Waals surface area contributed by atoms with Gasteiger partial charge in [0.15, 0.2) is 6.29 Å². The van der Waals surface area contributed by atoms with Crippen molar-refractivity contribution in [2.24, 2.45) is 10.8 Å². The van der Waals surface area contributed by atoms with E-state index in [1.165, 1.54) is 13.8 Å². The fraction of sp³-hybridized carbons (Fsp3) is 0.733. The SMILES string of the molecule is C.C.C.C.C.C.CCC(C)(C#N)CC(C)(CC(C)(C)C(=O)O)c1c(F)cc(OC2CCCCO2)cc1F. The van der Waals surface area contributed by atoms with Crippen LogP contribution in [0.25, 0.3) is 0 Å². The molecule has 5 nitrogen and oxygen atoms in total. The number of benzene rings is 1. The summed E-state index contributed by atoms with van der Waals surface area (Å²) >= 11 is 0. The van der Waals surface area contributed by atoms with Crippen molar-refractivity contribution in [1.29, 1.82) is 5.26 Å². The van der Waals surface area contributed by atoms with Crippen molar-refractivity contribution in [3.05, 3.63) is 29.3 Å². The summed E-state index contributed by atoms with van der Waals surface area (Å²) in [6, 6.07) is 4.49. The lowest BCUT2D eigenvalue weighted by Crippen LogP contribution is -2.39. The highest BCUT2D eigenvalue weighted by Crippen LogP contribution is 2.47. The van der Waals surface area contributed by atoms with E-state index in [9.17, 15) is 15.2 Å². The summed E-state index contributed by atoms with van der Waals surface area (Å²) < 4.78 is 41.8. The smallest absolute Gasteiger partial charge is 0.309 e. The minimum absolute atomic E-state index is 0. The number of rotatable bonds is 9. The fourth-order valence-electron chi connectivity index (χ4n) is 4.55. The predicted molar refractivity (Wildman–Crippen MR) is 153 cm³/mol. The van der Waals surface area contributed by atoms with Crippen molar-refractivity contribution in [3.8, 4) is 11.8 Å². The second kappa shape index (κ2) is 17.3. The van der Waals surface area contributed by atoms with E-state index in [2.05, 4.69) is 6.07 Å². The molecule has 1 fully saturated rings. The lowest BCUT2D eigenvalue weighted by Gasteiger charge is -2.40. The normalized spacial score (nSPS) is 17.5. The van der Waals surface area contributed by atoms with Gasteiger partial charge in [0.1, 0.15) is 17.4 Å². The molecule has 0 bridgehead atoms. The third-order valence-corrected chi connectivity index (χ3v) is 6.27. The lowest BCUT2D eigenvalue weighted by molar-refractivity contribution is -0.148. The van der Waals surface area contributed by atoms with Gasteiger partial charge in [-0.05, 0) is 52.9 Å². The van der Waals surface area contributed by atoms with E-state index < -0.39 is 40.1 Å². The third-order valence-electron chi connectivity index (χ3n) is 6.27. The molecule has 220 valence electrons. The molecule has 0 aliphatic carbocycles. The molecule has 1 aliphatic rings. The van der Waals surface area contributed by atoms with Crippen molar-refractivity contribution in [1.82, 2.24) is 0 Å². The van der Waals surface area contributed by atoms with E-state index in [-0.39, 0.29) is 68.7 Å². The Morgan fingerprint density at radius 2 is 1.57 bits per heavy atom. The summed E-state index contributed by atoms with van der Waals surface area (Å²) in [5.41, 5.74) is -3.55. The van der Waals surface area contributed by atoms with E-state index in [0.717, 1.165) is 25.0 Å². The molecule has 3 atom stereocenters. The second-order valence-corrected chi connectivity index (χ2v) is 9.81. The number of halogens is 2. The van der Waals surface area contributed by atoms with Crippen LogP contribution in [0, 0.1) is 33.8 Å². The number of carboxylic acids is 1. The first kappa shape index (κ1) is 44.8. The van der Waals surface area contributed by atoms with Gasteiger partial charge in [0.2, 0.25) is 0 Å². The Morgan fingerprint density at radius 1 is 1.05 bits per heavy atom. The maximum Gasteiger partial charge on any atom is 0.309 e. The number of nitriles is 1. The quantitative estimate of drug-likeness (QED) is 0.342. The summed E-state index contributed by atoms with van der Waals surface area (Å²) in [6.45, 7) is 8.79. The Hall–Kier alpha value is -2.20. The Kier molecular flexibility index (Phi) is 21.0. The van der Waals surface area contributed by atoms with Crippen LogP contribution in [0.3, 0.4) is 0 Å². The summed E-state index contributed by atoms with van der Waals surface area (Å²) in [7, 11) is 0. The van der Waals surface area contributed by atoms with Gasteiger partial charge in [-0.2, -0.15) is 5.26 Å². The van der Waals surface area contributed by atoms with E-state index in [0.29, 0.717) is 19.4 Å². The molecule has 1 aliphatic heterocycles. The summed E-state index contributed by atoms with van der Waals surface area (Å²) in [5, 5.41) is 19.3. The van der Waals surface area contributed by atoms with Gasteiger partial charge in [0.05, 0.1) is 23.5 Å².